The molecule has 28 heavy (non-hydrogen) atoms. The lowest BCUT2D eigenvalue weighted by molar-refractivity contribution is -0.113. The van der Waals surface area contributed by atoms with Gasteiger partial charge in [-0.15, -0.1) is 11.3 Å². The molecule has 0 aliphatic rings. The van der Waals surface area contributed by atoms with Gasteiger partial charge in [-0.05, 0) is 32.0 Å². The van der Waals surface area contributed by atoms with Crippen LogP contribution in [0.2, 0.25) is 0 Å². The molecule has 0 spiro atoms. The summed E-state index contributed by atoms with van der Waals surface area (Å²) in [6, 6.07) is 5.76. The first-order valence-electron chi connectivity index (χ1n) is 8.42. The zero-order valence-electron chi connectivity index (χ0n) is 15.9. The highest BCUT2D eigenvalue weighted by molar-refractivity contribution is 8.23. The van der Waals surface area contributed by atoms with Crippen LogP contribution in [0, 0.1) is 13.8 Å². The quantitative estimate of drug-likeness (QED) is 0.426. The van der Waals surface area contributed by atoms with Crippen LogP contribution in [-0.4, -0.2) is 45.1 Å². The predicted molar refractivity (Wildman–Crippen MR) is 123 cm³/mol. The number of hydrogen-bond donors (Lipinski definition) is 1. The van der Waals surface area contributed by atoms with Gasteiger partial charge in [0.25, 0.3) is 0 Å². The second kappa shape index (κ2) is 9.25. The van der Waals surface area contributed by atoms with E-state index in [0.717, 1.165) is 43.0 Å². The number of nitrogens with one attached hydrogen (secondary N) is 1. The number of carbonyl (C=O) groups excluding carboxylic acids is 1. The fraction of sp³-hybridized carbons (Fsp3) is 0.333. The van der Waals surface area contributed by atoms with Crippen LogP contribution in [-0.2, 0) is 10.5 Å². The highest BCUT2D eigenvalue weighted by Gasteiger charge is 2.12. The van der Waals surface area contributed by atoms with Gasteiger partial charge in [-0.25, -0.2) is 4.98 Å². The number of thioether (sulfide) groups is 2. The van der Waals surface area contributed by atoms with E-state index in [4.69, 9.17) is 16.7 Å². The van der Waals surface area contributed by atoms with Gasteiger partial charge in [-0.1, -0.05) is 40.9 Å². The summed E-state index contributed by atoms with van der Waals surface area (Å²) in [7, 11) is 3.73. The summed E-state index contributed by atoms with van der Waals surface area (Å²) in [5, 5.41) is 6.91. The minimum Gasteiger partial charge on any atom is -0.364 e. The number of fused-ring (bicyclic) bond motifs is 1. The van der Waals surface area contributed by atoms with Crippen molar-refractivity contribution in [3.8, 4) is 0 Å². The van der Waals surface area contributed by atoms with Crippen LogP contribution in [0.4, 0.5) is 5.69 Å². The van der Waals surface area contributed by atoms with E-state index >= 15 is 0 Å². The molecule has 6 nitrogen and oxygen atoms in total. The number of anilines is 1. The Balaban J connectivity index is 1.62. The first kappa shape index (κ1) is 21.1. The number of hydrogen-bond acceptors (Lipinski definition) is 8. The molecule has 0 bridgehead atoms. The number of thiocarbonyl (C=S) groups is 1. The van der Waals surface area contributed by atoms with Crippen LogP contribution in [0.15, 0.2) is 27.1 Å². The molecule has 1 aromatic carbocycles. The smallest absolute Gasteiger partial charge is 0.234 e. The maximum absolute atomic E-state index is 12.1. The van der Waals surface area contributed by atoms with Crippen LogP contribution in [0.3, 0.4) is 0 Å². The van der Waals surface area contributed by atoms with E-state index in [2.05, 4.69) is 15.5 Å². The van der Waals surface area contributed by atoms with Crippen LogP contribution >= 0.6 is 47.1 Å². The summed E-state index contributed by atoms with van der Waals surface area (Å²) in [6.45, 7) is 3.87. The van der Waals surface area contributed by atoms with Crippen molar-refractivity contribution in [1.82, 2.24) is 15.0 Å². The number of aromatic nitrogens is 2. The highest BCUT2D eigenvalue weighted by atomic mass is 32.2. The number of thiazole rings is 1. The molecule has 1 N–H and O–H groups in total. The van der Waals surface area contributed by atoms with E-state index in [0.29, 0.717) is 4.32 Å². The van der Waals surface area contributed by atoms with Crippen molar-refractivity contribution in [2.45, 2.75) is 23.9 Å². The Morgan fingerprint density at radius 1 is 1.36 bits per heavy atom. The van der Waals surface area contributed by atoms with Crippen molar-refractivity contribution in [2.24, 2.45) is 0 Å². The third-order valence-corrected chi connectivity index (χ3v) is 7.79. The average molecular weight is 453 g/mol. The molecule has 0 aliphatic carbocycles. The molecular formula is C18H20N4O2S4. The fourth-order valence-electron chi connectivity index (χ4n) is 2.34. The number of rotatable bonds is 6. The zero-order chi connectivity index (χ0) is 20.3. The Bertz CT molecular complexity index is 993. The largest absolute Gasteiger partial charge is 0.364 e. The van der Waals surface area contributed by atoms with Crippen molar-refractivity contribution in [1.29, 1.82) is 0 Å². The van der Waals surface area contributed by atoms with E-state index < -0.39 is 0 Å². The SMILES string of the molecule is Cc1noc(C)c1CSc1nc2ccc(NC(=O)CSC(=S)N(C)C)cc2s1. The number of benzene rings is 1. The normalized spacial score (nSPS) is 11.0. The van der Waals surface area contributed by atoms with Gasteiger partial charge in [0.05, 0.1) is 21.7 Å². The van der Waals surface area contributed by atoms with Crippen LogP contribution in [0.5, 0.6) is 0 Å². The van der Waals surface area contributed by atoms with Gasteiger partial charge >= 0.3 is 0 Å². The second-order valence-electron chi connectivity index (χ2n) is 6.25. The molecule has 0 aliphatic heterocycles. The Morgan fingerprint density at radius 3 is 2.82 bits per heavy atom. The second-order valence-corrected chi connectivity index (χ2v) is 10.1. The lowest BCUT2D eigenvalue weighted by Crippen LogP contribution is -2.20. The lowest BCUT2D eigenvalue weighted by Gasteiger charge is -2.12. The standard InChI is InChI=1S/C18H20N4O2S4/c1-10-13(11(2)24-21-10)8-26-17-20-14-6-5-12(7-15(14)28-17)19-16(23)9-27-18(25)22(3)4/h5-7H,8-9H2,1-4H3,(H,19,23). The van der Waals surface area contributed by atoms with E-state index in [1.165, 1.54) is 11.8 Å². The Morgan fingerprint density at radius 2 is 2.14 bits per heavy atom. The summed E-state index contributed by atoms with van der Waals surface area (Å²) < 4.78 is 7.91. The third-order valence-electron chi connectivity index (χ3n) is 3.87. The molecule has 2 aromatic heterocycles. The molecule has 0 atom stereocenters. The maximum Gasteiger partial charge on any atom is 0.234 e. The van der Waals surface area contributed by atoms with E-state index in [1.807, 2.05) is 51.0 Å². The Hall–Kier alpha value is -1.62. The maximum atomic E-state index is 12.1. The Kier molecular flexibility index (Phi) is 6.97. The average Bonchev–Trinajstić information content (AvgIpc) is 3.20. The van der Waals surface area contributed by atoms with Gasteiger partial charge < -0.3 is 14.7 Å². The summed E-state index contributed by atoms with van der Waals surface area (Å²) >= 11 is 9.81. The highest BCUT2D eigenvalue weighted by Crippen LogP contribution is 2.34. The molecule has 1 amide bonds. The molecular weight excluding hydrogens is 432 g/mol. The molecule has 2 heterocycles. The van der Waals surface area contributed by atoms with Crippen molar-refractivity contribution in [3.05, 3.63) is 35.2 Å². The predicted octanol–water partition coefficient (Wildman–Crippen LogP) is 4.71. The number of aryl methyl sites for hydroxylation is 2. The number of nitrogens with zero attached hydrogens (tertiary/aromatic N) is 3. The number of amides is 1. The topological polar surface area (TPSA) is 71.3 Å². The van der Waals surface area contributed by atoms with Crippen LogP contribution < -0.4 is 5.32 Å². The van der Waals surface area contributed by atoms with Gasteiger partial charge in [0.1, 0.15) is 10.1 Å². The van der Waals surface area contributed by atoms with Crippen molar-refractivity contribution in [3.63, 3.8) is 0 Å². The first-order valence-corrected chi connectivity index (χ1v) is 11.6. The summed E-state index contributed by atoms with van der Waals surface area (Å²) in [5.74, 6) is 1.83. The van der Waals surface area contributed by atoms with Gasteiger partial charge in [0.15, 0.2) is 4.34 Å². The van der Waals surface area contributed by atoms with Crippen molar-refractivity contribution >= 4 is 73.2 Å². The molecule has 0 saturated carbocycles. The van der Waals surface area contributed by atoms with Gasteiger partial charge in [-0.2, -0.15) is 0 Å². The molecule has 0 radical (unpaired) electrons. The minimum atomic E-state index is -0.0777. The molecule has 3 rings (SSSR count). The number of carbonyl (C=O) groups is 1. The molecule has 10 heteroatoms. The minimum absolute atomic E-state index is 0.0777. The summed E-state index contributed by atoms with van der Waals surface area (Å²) in [4.78, 5) is 18.6. The van der Waals surface area contributed by atoms with Gasteiger partial charge in [-0.3, -0.25) is 4.79 Å². The molecule has 3 aromatic rings. The lowest BCUT2D eigenvalue weighted by atomic mass is 10.2. The monoisotopic (exact) mass is 452 g/mol. The van der Waals surface area contributed by atoms with Gasteiger partial charge in [0.2, 0.25) is 5.91 Å². The van der Waals surface area contributed by atoms with E-state index in [-0.39, 0.29) is 11.7 Å². The van der Waals surface area contributed by atoms with Crippen LogP contribution in [0.25, 0.3) is 10.2 Å². The van der Waals surface area contributed by atoms with E-state index in [9.17, 15) is 4.79 Å². The first-order chi connectivity index (χ1) is 13.3. The summed E-state index contributed by atoms with van der Waals surface area (Å²) in [6.07, 6.45) is 0. The molecule has 0 saturated heterocycles. The molecule has 0 unspecified atom stereocenters. The molecule has 0 fully saturated rings. The zero-order valence-corrected chi connectivity index (χ0v) is 19.2. The summed E-state index contributed by atoms with van der Waals surface area (Å²) in [5.41, 5.74) is 3.72. The Labute approximate surface area is 181 Å². The van der Waals surface area contributed by atoms with E-state index in [1.54, 1.807) is 23.1 Å². The fourth-order valence-corrected chi connectivity index (χ4v) is 5.36. The van der Waals surface area contributed by atoms with Crippen molar-refractivity contribution < 1.29 is 9.32 Å². The third kappa shape index (κ3) is 5.25. The van der Waals surface area contributed by atoms with Gasteiger partial charge in [0, 0.05) is 31.1 Å². The molecule has 148 valence electrons. The van der Waals surface area contributed by atoms with Crippen molar-refractivity contribution in [2.75, 3.05) is 25.2 Å². The van der Waals surface area contributed by atoms with Crippen LogP contribution in [0.1, 0.15) is 17.0 Å².